The molecule has 4 rings (SSSR count). The molecule has 1 saturated carbocycles. The van der Waals surface area contributed by atoms with Crippen LogP contribution in [0, 0.1) is 17.3 Å². The molecule has 4 heteroatoms. The molecule has 0 bridgehead atoms. The molecular formula is C21H28O4. The fourth-order valence-corrected chi connectivity index (χ4v) is 5.61. The zero-order valence-electron chi connectivity index (χ0n) is 15.4. The second kappa shape index (κ2) is 6.31. The minimum absolute atomic E-state index is 0.0368. The largest absolute Gasteiger partial charge is 0.497 e. The summed E-state index contributed by atoms with van der Waals surface area (Å²) in [7, 11) is 1.73. The Hall–Kier alpha value is -1.55. The van der Waals surface area contributed by atoms with Gasteiger partial charge in [-0.15, -0.1) is 0 Å². The molecule has 136 valence electrons. The van der Waals surface area contributed by atoms with Crippen molar-refractivity contribution in [1.29, 1.82) is 0 Å². The van der Waals surface area contributed by atoms with E-state index in [0.29, 0.717) is 24.4 Å². The Balaban J connectivity index is 1.63. The van der Waals surface area contributed by atoms with Gasteiger partial charge in [-0.05, 0) is 66.7 Å². The molecule has 5 atom stereocenters. The van der Waals surface area contributed by atoms with Crippen molar-refractivity contribution in [2.75, 3.05) is 20.3 Å². The first-order valence-corrected chi connectivity index (χ1v) is 9.44. The van der Waals surface area contributed by atoms with Gasteiger partial charge in [0.15, 0.2) is 0 Å². The number of hydrogen-bond donors (Lipinski definition) is 0. The minimum Gasteiger partial charge on any atom is -0.497 e. The molecule has 1 heterocycles. The molecule has 0 radical (unpaired) electrons. The maximum absolute atomic E-state index is 11.5. The van der Waals surface area contributed by atoms with Gasteiger partial charge >= 0.3 is 5.97 Å². The fraction of sp³-hybridized carbons (Fsp3) is 0.667. The van der Waals surface area contributed by atoms with Crippen molar-refractivity contribution in [2.45, 2.75) is 51.6 Å². The predicted molar refractivity (Wildman–Crippen MR) is 94.8 cm³/mol. The van der Waals surface area contributed by atoms with Gasteiger partial charge < -0.3 is 14.2 Å². The Labute approximate surface area is 149 Å². The molecule has 4 nitrogen and oxygen atoms in total. The van der Waals surface area contributed by atoms with Crippen LogP contribution in [0.2, 0.25) is 0 Å². The summed E-state index contributed by atoms with van der Waals surface area (Å²) in [5, 5.41) is 0. The van der Waals surface area contributed by atoms with E-state index in [-0.39, 0.29) is 17.5 Å². The Bertz CT molecular complexity index is 670. The highest BCUT2D eigenvalue weighted by Crippen LogP contribution is 2.57. The first-order valence-electron chi connectivity index (χ1n) is 9.44. The van der Waals surface area contributed by atoms with Crippen molar-refractivity contribution in [3.05, 3.63) is 29.3 Å². The molecule has 0 N–H and O–H groups in total. The van der Waals surface area contributed by atoms with Crippen LogP contribution >= 0.6 is 0 Å². The van der Waals surface area contributed by atoms with Crippen molar-refractivity contribution < 1.29 is 19.0 Å². The lowest BCUT2D eigenvalue weighted by Crippen LogP contribution is -2.56. The van der Waals surface area contributed by atoms with Crippen LogP contribution in [0.5, 0.6) is 5.75 Å². The molecule has 0 unspecified atom stereocenters. The highest BCUT2D eigenvalue weighted by atomic mass is 16.6. The summed E-state index contributed by atoms with van der Waals surface area (Å²) in [5.74, 6) is 2.41. The maximum atomic E-state index is 11.5. The average molecular weight is 344 g/mol. The van der Waals surface area contributed by atoms with Crippen molar-refractivity contribution in [2.24, 2.45) is 17.3 Å². The number of carbonyl (C=O) groups excluding carboxylic acids is 1. The summed E-state index contributed by atoms with van der Waals surface area (Å²) in [4.78, 5) is 11.5. The van der Waals surface area contributed by atoms with E-state index in [0.717, 1.165) is 31.6 Å². The van der Waals surface area contributed by atoms with Crippen LogP contribution in [0.1, 0.15) is 50.2 Å². The Kier molecular flexibility index (Phi) is 4.27. The van der Waals surface area contributed by atoms with Gasteiger partial charge in [0.1, 0.15) is 11.9 Å². The molecule has 1 saturated heterocycles. The summed E-state index contributed by atoms with van der Waals surface area (Å²) in [6, 6.07) is 6.56. The lowest BCUT2D eigenvalue weighted by molar-refractivity contribution is -0.195. The smallest absolute Gasteiger partial charge is 0.303 e. The second-order valence-corrected chi connectivity index (χ2v) is 8.16. The molecule has 1 aromatic rings. The molecule has 2 fully saturated rings. The monoisotopic (exact) mass is 344 g/mol. The number of ether oxygens (including phenoxy) is 3. The van der Waals surface area contributed by atoms with Gasteiger partial charge in [-0.1, -0.05) is 13.0 Å². The third-order valence-electron chi connectivity index (χ3n) is 6.98. The van der Waals surface area contributed by atoms with Crippen molar-refractivity contribution in [3.63, 3.8) is 0 Å². The third kappa shape index (κ3) is 2.75. The molecule has 1 aromatic carbocycles. The number of methoxy groups -OCH3 is 1. The Morgan fingerprint density at radius 1 is 1.28 bits per heavy atom. The van der Waals surface area contributed by atoms with Crippen LogP contribution in [0.3, 0.4) is 0 Å². The molecule has 3 aliphatic rings. The number of carbonyl (C=O) groups is 1. The van der Waals surface area contributed by atoms with E-state index in [2.05, 4.69) is 25.1 Å². The summed E-state index contributed by atoms with van der Waals surface area (Å²) in [6.07, 6.45) is 4.42. The van der Waals surface area contributed by atoms with Crippen LogP contribution in [-0.4, -0.2) is 32.4 Å². The topological polar surface area (TPSA) is 44.8 Å². The fourth-order valence-electron chi connectivity index (χ4n) is 5.61. The number of rotatable bonds is 2. The second-order valence-electron chi connectivity index (χ2n) is 8.16. The number of esters is 1. The maximum Gasteiger partial charge on any atom is 0.303 e. The molecule has 1 aliphatic heterocycles. The van der Waals surface area contributed by atoms with E-state index in [1.54, 1.807) is 7.11 Å². The number of fused-ring (bicyclic) bond motifs is 5. The van der Waals surface area contributed by atoms with E-state index in [9.17, 15) is 4.79 Å². The van der Waals surface area contributed by atoms with Gasteiger partial charge in [0.05, 0.1) is 20.3 Å². The van der Waals surface area contributed by atoms with Crippen LogP contribution in [0.4, 0.5) is 0 Å². The average Bonchev–Trinajstić information content (AvgIpc) is 2.61. The summed E-state index contributed by atoms with van der Waals surface area (Å²) in [6.45, 7) is 5.15. The normalized spacial score (nSPS) is 36.6. The van der Waals surface area contributed by atoms with Gasteiger partial charge in [0, 0.05) is 12.3 Å². The van der Waals surface area contributed by atoms with E-state index in [1.165, 1.54) is 24.5 Å². The standard InChI is InChI=1S/C21H28O4/c1-13(22)25-20-12-24-11-19-18-6-4-14-10-15(23-3)5-7-16(14)17(18)8-9-21(19,20)2/h5,7,10,17-20H,4,6,8-9,11-12H2,1-3H3/t17-,18+,19-,20-,21-/m0/s1. The first kappa shape index (κ1) is 16.9. The van der Waals surface area contributed by atoms with Gasteiger partial charge in [0.25, 0.3) is 0 Å². The number of hydrogen-bond acceptors (Lipinski definition) is 4. The zero-order valence-corrected chi connectivity index (χ0v) is 15.4. The molecule has 0 aromatic heterocycles. The molecule has 0 spiro atoms. The lowest BCUT2D eigenvalue weighted by Gasteiger charge is -2.56. The Morgan fingerprint density at radius 2 is 2.12 bits per heavy atom. The highest BCUT2D eigenvalue weighted by Gasteiger charge is 2.54. The molecule has 25 heavy (non-hydrogen) atoms. The van der Waals surface area contributed by atoms with Crippen LogP contribution in [0.25, 0.3) is 0 Å². The zero-order chi connectivity index (χ0) is 17.6. The highest BCUT2D eigenvalue weighted by molar-refractivity contribution is 5.66. The summed E-state index contributed by atoms with van der Waals surface area (Å²) >= 11 is 0. The minimum atomic E-state index is -0.196. The van der Waals surface area contributed by atoms with Gasteiger partial charge in [-0.2, -0.15) is 0 Å². The number of benzene rings is 1. The van der Waals surface area contributed by atoms with E-state index < -0.39 is 0 Å². The molecule has 2 aliphatic carbocycles. The van der Waals surface area contributed by atoms with Gasteiger partial charge in [-0.3, -0.25) is 4.79 Å². The summed E-state index contributed by atoms with van der Waals surface area (Å²) < 4.78 is 17.0. The van der Waals surface area contributed by atoms with Gasteiger partial charge in [0.2, 0.25) is 0 Å². The quantitative estimate of drug-likeness (QED) is 0.767. The summed E-state index contributed by atoms with van der Waals surface area (Å²) in [5.41, 5.74) is 2.97. The van der Waals surface area contributed by atoms with Gasteiger partial charge in [-0.25, -0.2) is 0 Å². The SMILES string of the molecule is COc1ccc2c(c1)CC[C@@H]1[C@H]2CC[C@]2(C)[C@@H](OC(C)=O)COC[C@@H]12. The molecule has 0 amide bonds. The first-order chi connectivity index (χ1) is 12.0. The van der Waals surface area contributed by atoms with Crippen molar-refractivity contribution >= 4 is 5.97 Å². The van der Waals surface area contributed by atoms with E-state index in [4.69, 9.17) is 14.2 Å². The van der Waals surface area contributed by atoms with Crippen molar-refractivity contribution in [1.82, 2.24) is 0 Å². The van der Waals surface area contributed by atoms with E-state index >= 15 is 0 Å². The van der Waals surface area contributed by atoms with Crippen LogP contribution in [-0.2, 0) is 20.7 Å². The van der Waals surface area contributed by atoms with Crippen LogP contribution < -0.4 is 4.74 Å². The van der Waals surface area contributed by atoms with Crippen LogP contribution in [0.15, 0.2) is 18.2 Å². The predicted octanol–water partition coefficient (Wildman–Crippen LogP) is 3.72. The van der Waals surface area contributed by atoms with E-state index in [1.807, 2.05) is 0 Å². The third-order valence-corrected chi connectivity index (χ3v) is 6.98. The number of aryl methyl sites for hydroxylation is 1. The molecular weight excluding hydrogens is 316 g/mol. The van der Waals surface area contributed by atoms with Crippen molar-refractivity contribution in [3.8, 4) is 5.75 Å². The Morgan fingerprint density at radius 3 is 2.88 bits per heavy atom. The lowest BCUT2D eigenvalue weighted by atomic mass is 9.52.